The molecule has 0 unspecified atom stereocenters. The van der Waals surface area contributed by atoms with E-state index in [1.807, 2.05) is 55.5 Å². The Balaban J connectivity index is 1.60. The van der Waals surface area contributed by atoms with Gasteiger partial charge in [-0.15, -0.1) is 5.10 Å². The van der Waals surface area contributed by atoms with Gasteiger partial charge in [0.1, 0.15) is 11.3 Å². The number of pyridine rings is 1. The van der Waals surface area contributed by atoms with Gasteiger partial charge >= 0.3 is 0 Å². The Morgan fingerprint density at radius 1 is 1.14 bits per heavy atom. The van der Waals surface area contributed by atoms with Crippen LogP contribution in [-0.4, -0.2) is 33.0 Å². The molecule has 1 amide bonds. The zero-order chi connectivity index (χ0) is 19.5. The van der Waals surface area contributed by atoms with E-state index >= 15 is 0 Å². The first-order valence-electron chi connectivity index (χ1n) is 8.85. The Morgan fingerprint density at radius 3 is 2.86 bits per heavy atom. The van der Waals surface area contributed by atoms with Crippen molar-refractivity contribution >= 4 is 17.1 Å². The summed E-state index contributed by atoms with van der Waals surface area (Å²) in [6, 6.07) is 16.8. The van der Waals surface area contributed by atoms with Crippen LogP contribution in [0.3, 0.4) is 0 Å². The smallest absolute Gasteiger partial charge is 0.251 e. The van der Waals surface area contributed by atoms with E-state index in [-0.39, 0.29) is 5.91 Å². The van der Waals surface area contributed by atoms with Crippen LogP contribution in [0.4, 0.5) is 0 Å². The second-order valence-corrected chi connectivity index (χ2v) is 6.33. The highest BCUT2D eigenvalue weighted by Crippen LogP contribution is 2.21. The molecular formula is C21H19N5O2. The lowest BCUT2D eigenvalue weighted by atomic mass is 10.1. The summed E-state index contributed by atoms with van der Waals surface area (Å²) in [5.41, 5.74) is 4.49. The van der Waals surface area contributed by atoms with Crippen LogP contribution in [0.5, 0.6) is 5.75 Å². The average Bonchev–Trinajstić information content (AvgIpc) is 3.16. The lowest BCUT2D eigenvalue weighted by Gasteiger charge is -2.12. The predicted molar refractivity (Wildman–Crippen MR) is 106 cm³/mol. The first kappa shape index (κ1) is 17.7. The molecule has 0 aliphatic carbocycles. The fourth-order valence-corrected chi connectivity index (χ4v) is 3.09. The van der Waals surface area contributed by atoms with E-state index in [4.69, 9.17) is 4.74 Å². The normalized spacial score (nSPS) is 10.8. The summed E-state index contributed by atoms with van der Waals surface area (Å²) in [4.78, 5) is 17.1. The SMILES string of the molecule is COc1cccc(CNC(=O)c2cccc(-n3nnc4cccnc43)c2C)c1. The van der Waals surface area contributed by atoms with Crippen molar-refractivity contribution in [2.75, 3.05) is 7.11 Å². The number of aromatic nitrogens is 4. The van der Waals surface area contributed by atoms with Gasteiger partial charge in [0.15, 0.2) is 5.65 Å². The standard InChI is InChI=1S/C21H19N5O2/c1-14-17(21(27)23-13-15-6-3-7-16(12-15)28-2)8-4-10-19(14)26-20-18(24-25-26)9-5-11-22-20/h3-12H,13H2,1-2H3,(H,23,27). The number of amides is 1. The fraction of sp³-hybridized carbons (Fsp3) is 0.143. The lowest BCUT2D eigenvalue weighted by Crippen LogP contribution is -2.24. The van der Waals surface area contributed by atoms with Gasteiger partial charge in [-0.1, -0.05) is 23.4 Å². The minimum Gasteiger partial charge on any atom is -0.497 e. The number of nitrogens with one attached hydrogen (secondary N) is 1. The van der Waals surface area contributed by atoms with Crippen LogP contribution in [0.1, 0.15) is 21.5 Å². The molecule has 28 heavy (non-hydrogen) atoms. The van der Waals surface area contributed by atoms with Crippen molar-refractivity contribution in [2.24, 2.45) is 0 Å². The average molecular weight is 373 g/mol. The maximum Gasteiger partial charge on any atom is 0.251 e. The third-order valence-electron chi connectivity index (χ3n) is 4.57. The number of benzene rings is 2. The van der Waals surface area contributed by atoms with Crippen LogP contribution >= 0.6 is 0 Å². The Labute approximate surface area is 162 Å². The van der Waals surface area contributed by atoms with Crippen LogP contribution < -0.4 is 10.1 Å². The zero-order valence-electron chi connectivity index (χ0n) is 15.6. The first-order valence-corrected chi connectivity index (χ1v) is 8.85. The third kappa shape index (κ3) is 3.29. The Kier molecular flexibility index (Phi) is 4.72. The van der Waals surface area contributed by atoms with Gasteiger partial charge < -0.3 is 10.1 Å². The Hall–Kier alpha value is -3.74. The molecule has 7 nitrogen and oxygen atoms in total. The first-order chi connectivity index (χ1) is 13.7. The minimum absolute atomic E-state index is 0.153. The summed E-state index contributed by atoms with van der Waals surface area (Å²) >= 11 is 0. The molecule has 7 heteroatoms. The highest BCUT2D eigenvalue weighted by atomic mass is 16.5. The van der Waals surface area contributed by atoms with E-state index in [1.54, 1.807) is 24.1 Å². The molecule has 1 N–H and O–H groups in total. The van der Waals surface area contributed by atoms with E-state index in [2.05, 4.69) is 20.6 Å². The zero-order valence-corrected chi connectivity index (χ0v) is 15.6. The van der Waals surface area contributed by atoms with Gasteiger partial charge in [-0.3, -0.25) is 4.79 Å². The van der Waals surface area contributed by atoms with E-state index in [1.165, 1.54) is 0 Å². The van der Waals surface area contributed by atoms with Crippen LogP contribution in [0.15, 0.2) is 60.8 Å². The van der Waals surface area contributed by atoms with Crippen molar-refractivity contribution in [3.05, 3.63) is 77.5 Å². The molecule has 0 saturated heterocycles. The molecule has 2 aromatic heterocycles. The van der Waals surface area contributed by atoms with E-state index in [9.17, 15) is 4.79 Å². The molecule has 0 saturated carbocycles. The molecule has 140 valence electrons. The van der Waals surface area contributed by atoms with Gasteiger partial charge in [-0.2, -0.15) is 4.68 Å². The monoisotopic (exact) mass is 373 g/mol. The molecule has 0 spiro atoms. The van der Waals surface area contributed by atoms with Crippen molar-refractivity contribution in [2.45, 2.75) is 13.5 Å². The number of hydrogen-bond acceptors (Lipinski definition) is 5. The largest absolute Gasteiger partial charge is 0.497 e. The molecule has 0 radical (unpaired) electrons. The Morgan fingerprint density at radius 2 is 2.00 bits per heavy atom. The predicted octanol–water partition coefficient (Wildman–Crippen LogP) is 3.06. The second-order valence-electron chi connectivity index (χ2n) is 6.33. The number of hydrogen-bond donors (Lipinski definition) is 1. The molecular weight excluding hydrogens is 354 g/mol. The number of ether oxygens (including phenoxy) is 1. The number of carbonyl (C=O) groups is 1. The third-order valence-corrected chi connectivity index (χ3v) is 4.57. The summed E-state index contributed by atoms with van der Waals surface area (Å²) < 4.78 is 6.88. The lowest BCUT2D eigenvalue weighted by molar-refractivity contribution is 0.0950. The van der Waals surface area contributed by atoms with Crippen LogP contribution in [0, 0.1) is 6.92 Å². The molecule has 0 atom stereocenters. The molecule has 0 aliphatic rings. The number of methoxy groups -OCH3 is 1. The van der Waals surface area contributed by atoms with Crippen LogP contribution in [-0.2, 0) is 6.54 Å². The van der Waals surface area contributed by atoms with Crippen molar-refractivity contribution in [1.29, 1.82) is 0 Å². The molecule has 0 fully saturated rings. The van der Waals surface area contributed by atoms with Gasteiger partial charge in [0.25, 0.3) is 5.91 Å². The second kappa shape index (κ2) is 7.48. The summed E-state index contributed by atoms with van der Waals surface area (Å²) in [6.07, 6.45) is 1.70. The molecule has 0 aliphatic heterocycles. The maximum absolute atomic E-state index is 12.8. The molecule has 4 rings (SSSR count). The summed E-state index contributed by atoms with van der Waals surface area (Å²) in [5, 5.41) is 11.3. The van der Waals surface area contributed by atoms with Crippen molar-refractivity contribution in [3.8, 4) is 11.4 Å². The summed E-state index contributed by atoms with van der Waals surface area (Å²) in [7, 11) is 1.62. The Bertz CT molecular complexity index is 1150. The van der Waals surface area contributed by atoms with E-state index < -0.39 is 0 Å². The number of carbonyl (C=O) groups excluding carboxylic acids is 1. The van der Waals surface area contributed by atoms with Crippen molar-refractivity contribution < 1.29 is 9.53 Å². The summed E-state index contributed by atoms with van der Waals surface area (Å²) in [5.74, 6) is 0.607. The molecule has 2 aromatic carbocycles. The number of fused-ring (bicyclic) bond motifs is 1. The quantitative estimate of drug-likeness (QED) is 0.581. The van der Waals surface area contributed by atoms with Crippen molar-refractivity contribution in [3.63, 3.8) is 0 Å². The van der Waals surface area contributed by atoms with Gasteiger partial charge in [0, 0.05) is 18.3 Å². The molecule has 0 bridgehead atoms. The maximum atomic E-state index is 12.8. The molecule has 4 aromatic rings. The van der Waals surface area contributed by atoms with Gasteiger partial charge in [-0.25, -0.2) is 4.98 Å². The number of rotatable bonds is 5. The number of nitrogens with zero attached hydrogens (tertiary/aromatic N) is 4. The molecule has 2 heterocycles. The van der Waals surface area contributed by atoms with Gasteiger partial charge in [0.2, 0.25) is 0 Å². The van der Waals surface area contributed by atoms with E-state index in [0.29, 0.717) is 23.3 Å². The van der Waals surface area contributed by atoms with Crippen molar-refractivity contribution in [1.82, 2.24) is 25.3 Å². The highest BCUT2D eigenvalue weighted by molar-refractivity contribution is 5.96. The summed E-state index contributed by atoms with van der Waals surface area (Å²) in [6.45, 7) is 2.31. The minimum atomic E-state index is -0.153. The van der Waals surface area contributed by atoms with Gasteiger partial charge in [-0.05, 0) is 54.4 Å². The van der Waals surface area contributed by atoms with Gasteiger partial charge in [0.05, 0.1) is 12.8 Å². The van der Waals surface area contributed by atoms with Crippen LogP contribution in [0.25, 0.3) is 16.9 Å². The fourth-order valence-electron chi connectivity index (χ4n) is 3.09. The highest BCUT2D eigenvalue weighted by Gasteiger charge is 2.15. The topological polar surface area (TPSA) is 81.9 Å². The van der Waals surface area contributed by atoms with E-state index in [0.717, 1.165) is 22.6 Å². The van der Waals surface area contributed by atoms with Crippen LogP contribution in [0.2, 0.25) is 0 Å².